The highest BCUT2D eigenvalue weighted by Gasteiger charge is 2.27. The third kappa shape index (κ3) is 3.93. The minimum Gasteiger partial charge on any atom is -0.370 e. The van der Waals surface area contributed by atoms with Crippen molar-refractivity contribution in [2.75, 3.05) is 18.0 Å². The number of carbonyl (C=O) groups is 1. The first-order chi connectivity index (χ1) is 13.2. The molecule has 1 aliphatic rings. The molecule has 0 aliphatic carbocycles. The maximum atomic E-state index is 12.7. The highest BCUT2D eigenvalue weighted by molar-refractivity contribution is 7.10. The van der Waals surface area contributed by atoms with Crippen LogP contribution in [0.5, 0.6) is 0 Å². The van der Waals surface area contributed by atoms with Gasteiger partial charge in [0.05, 0.1) is 17.9 Å². The minimum atomic E-state index is 0.0727. The topological polar surface area (TPSA) is 71.0 Å². The van der Waals surface area contributed by atoms with Crippen LogP contribution >= 0.6 is 11.3 Å². The van der Waals surface area contributed by atoms with Gasteiger partial charge in [0.2, 0.25) is 5.91 Å². The van der Waals surface area contributed by atoms with E-state index in [1.165, 1.54) is 4.88 Å². The van der Waals surface area contributed by atoms with Gasteiger partial charge in [-0.15, -0.1) is 11.3 Å². The SMILES string of the molecule is CCC(NC(=O)C1CCN(c2cnc3nccnc3c2)CC1)c1cccs1. The second-order valence-corrected chi connectivity index (χ2v) is 7.82. The fraction of sp³-hybridized carbons (Fsp3) is 0.400. The van der Waals surface area contributed by atoms with Crippen LogP contribution in [0, 0.1) is 5.92 Å². The summed E-state index contributed by atoms with van der Waals surface area (Å²) in [6.45, 7) is 3.81. The molecule has 0 aromatic carbocycles. The predicted octanol–water partition coefficient (Wildman–Crippen LogP) is 3.57. The smallest absolute Gasteiger partial charge is 0.223 e. The summed E-state index contributed by atoms with van der Waals surface area (Å²) in [4.78, 5) is 29.2. The van der Waals surface area contributed by atoms with Crippen LogP contribution in [0.4, 0.5) is 5.69 Å². The number of pyridine rings is 1. The quantitative estimate of drug-likeness (QED) is 0.732. The van der Waals surface area contributed by atoms with Gasteiger partial charge in [0.15, 0.2) is 5.65 Å². The summed E-state index contributed by atoms with van der Waals surface area (Å²) in [5.41, 5.74) is 2.51. The summed E-state index contributed by atoms with van der Waals surface area (Å²) in [5, 5.41) is 5.30. The average Bonchev–Trinajstić information content (AvgIpc) is 3.26. The van der Waals surface area contributed by atoms with Crippen molar-refractivity contribution in [3.8, 4) is 0 Å². The Morgan fingerprint density at radius 3 is 2.85 bits per heavy atom. The van der Waals surface area contributed by atoms with Crippen molar-refractivity contribution in [3.05, 3.63) is 47.0 Å². The van der Waals surface area contributed by atoms with E-state index in [2.05, 4.69) is 43.5 Å². The molecule has 1 fully saturated rings. The molecule has 0 radical (unpaired) electrons. The van der Waals surface area contributed by atoms with E-state index >= 15 is 0 Å². The Morgan fingerprint density at radius 2 is 2.11 bits per heavy atom. The molecule has 4 heterocycles. The molecule has 4 rings (SSSR count). The maximum absolute atomic E-state index is 12.7. The zero-order chi connectivity index (χ0) is 18.6. The van der Waals surface area contributed by atoms with Crippen LogP contribution in [0.3, 0.4) is 0 Å². The van der Waals surface area contributed by atoms with E-state index in [9.17, 15) is 4.79 Å². The molecule has 1 N–H and O–H groups in total. The standard InChI is InChI=1S/C20H23N5OS/c1-2-16(18-4-3-11-27-18)24-20(26)14-5-9-25(10-6-14)15-12-17-19(23-13-15)22-8-7-21-17/h3-4,7-8,11-14,16H,2,5-6,9-10H2,1H3,(H,24,26). The van der Waals surface area contributed by atoms with Crippen LogP contribution in [0.25, 0.3) is 11.2 Å². The molecule has 6 nitrogen and oxygen atoms in total. The van der Waals surface area contributed by atoms with Gasteiger partial charge in [0, 0.05) is 36.3 Å². The van der Waals surface area contributed by atoms with Crippen LogP contribution in [0.1, 0.15) is 37.1 Å². The molecule has 27 heavy (non-hydrogen) atoms. The number of hydrogen-bond donors (Lipinski definition) is 1. The molecule has 1 unspecified atom stereocenters. The second kappa shape index (κ2) is 8.00. The lowest BCUT2D eigenvalue weighted by Crippen LogP contribution is -2.41. The lowest BCUT2D eigenvalue weighted by molar-refractivity contribution is -0.126. The molecular weight excluding hydrogens is 358 g/mol. The number of aromatic nitrogens is 3. The van der Waals surface area contributed by atoms with Crippen molar-refractivity contribution in [2.45, 2.75) is 32.2 Å². The van der Waals surface area contributed by atoms with Gasteiger partial charge in [0.25, 0.3) is 0 Å². The highest BCUT2D eigenvalue weighted by Crippen LogP contribution is 2.26. The van der Waals surface area contributed by atoms with E-state index in [0.29, 0.717) is 5.65 Å². The van der Waals surface area contributed by atoms with Crippen LogP contribution in [0.15, 0.2) is 42.2 Å². The first-order valence-electron chi connectivity index (χ1n) is 9.40. The number of fused-ring (bicyclic) bond motifs is 1. The van der Waals surface area contributed by atoms with Crippen LogP contribution in [-0.2, 0) is 4.79 Å². The summed E-state index contributed by atoms with van der Waals surface area (Å²) in [6.07, 6.45) is 7.80. The lowest BCUT2D eigenvalue weighted by Gasteiger charge is -2.33. The number of rotatable bonds is 5. The summed E-state index contributed by atoms with van der Waals surface area (Å²) in [6, 6.07) is 6.28. The summed E-state index contributed by atoms with van der Waals surface area (Å²) in [5.74, 6) is 0.251. The second-order valence-electron chi connectivity index (χ2n) is 6.84. The molecule has 3 aromatic heterocycles. The third-order valence-corrected chi connectivity index (χ3v) is 6.14. The number of piperidine rings is 1. The highest BCUT2D eigenvalue weighted by atomic mass is 32.1. The van der Waals surface area contributed by atoms with Gasteiger partial charge >= 0.3 is 0 Å². The van der Waals surface area contributed by atoms with E-state index in [0.717, 1.165) is 43.6 Å². The Morgan fingerprint density at radius 1 is 1.30 bits per heavy atom. The van der Waals surface area contributed by atoms with Crippen LogP contribution in [0.2, 0.25) is 0 Å². The molecule has 0 saturated carbocycles. The minimum absolute atomic E-state index is 0.0727. The Bertz CT molecular complexity index is 906. The molecule has 1 atom stereocenters. The van der Waals surface area contributed by atoms with Gasteiger partial charge in [-0.2, -0.15) is 0 Å². The van der Waals surface area contributed by atoms with E-state index in [1.807, 2.05) is 18.3 Å². The van der Waals surface area contributed by atoms with Crippen molar-refractivity contribution in [2.24, 2.45) is 5.92 Å². The number of nitrogens with one attached hydrogen (secondary N) is 1. The zero-order valence-corrected chi connectivity index (χ0v) is 16.2. The van der Waals surface area contributed by atoms with Crippen molar-refractivity contribution in [1.29, 1.82) is 0 Å². The van der Waals surface area contributed by atoms with E-state index < -0.39 is 0 Å². The first kappa shape index (κ1) is 17.9. The van der Waals surface area contributed by atoms with Crippen molar-refractivity contribution < 1.29 is 4.79 Å². The van der Waals surface area contributed by atoms with Gasteiger partial charge in [-0.25, -0.2) is 9.97 Å². The molecule has 1 aliphatic heterocycles. The van der Waals surface area contributed by atoms with Gasteiger partial charge in [-0.3, -0.25) is 9.78 Å². The number of nitrogens with zero attached hydrogens (tertiary/aromatic N) is 4. The zero-order valence-electron chi connectivity index (χ0n) is 15.3. The van der Waals surface area contributed by atoms with E-state index in [1.54, 1.807) is 23.7 Å². The van der Waals surface area contributed by atoms with Gasteiger partial charge in [0.1, 0.15) is 5.52 Å². The normalized spacial score (nSPS) is 16.4. The largest absolute Gasteiger partial charge is 0.370 e. The molecule has 0 bridgehead atoms. The van der Waals surface area contributed by atoms with Gasteiger partial charge < -0.3 is 10.2 Å². The van der Waals surface area contributed by atoms with Crippen LogP contribution < -0.4 is 10.2 Å². The summed E-state index contributed by atoms with van der Waals surface area (Å²) >= 11 is 1.70. The number of amides is 1. The van der Waals surface area contributed by atoms with Crippen molar-refractivity contribution in [3.63, 3.8) is 0 Å². The number of carbonyl (C=O) groups excluding carboxylic acids is 1. The van der Waals surface area contributed by atoms with E-state index in [4.69, 9.17) is 0 Å². The monoisotopic (exact) mass is 381 g/mol. The molecule has 1 amide bonds. The molecule has 0 spiro atoms. The van der Waals surface area contributed by atoms with Crippen molar-refractivity contribution in [1.82, 2.24) is 20.3 Å². The van der Waals surface area contributed by atoms with Crippen molar-refractivity contribution >= 4 is 34.1 Å². The number of hydrogen-bond acceptors (Lipinski definition) is 6. The number of anilines is 1. The van der Waals surface area contributed by atoms with Gasteiger partial charge in [-0.05, 0) is 36.8 Å². The molecule has 140 valence electrons. The Labute approximate surface area is 162 Å². The third-order valence-electron chi connectivity index (χ3n) is 5.15. The fourth-order valence-electron chi connectivity index (χ4n) is 3.57. The summed E-state index contributed by atoms with van der Waals surface area (Å²) < 4.78 is 0. The average molecular weight is 382 g/mol. The number of thiophene rings is 1. The molecule has 3 aromatic rings. The molecule has 7 heteroatoms. The van der Waals surface area contributed by atoms with Crippen LogP contribution in [-0.4, -0.2) is 33.9 Å². The van der Waals surface area contributed by atoms with Gasteiger partial charge in [-0.1, -0.05) is 13.0 Å². The fourth-order valence-corrected chi connectivity index (χ4v) is 4.43. The lowest BCUT2D eigenvalue weighted by atomic mass is 9.95. The summed E-state index contributed by atoms with van der Waals surface area (Å²) in [7, 11) is 0. The maximum Gasteiger partial charge on any atom is 0.223 e. The molecular formula is C20H23N5OS. The Balaban J connectivity index is 1.37. The van der Waals surface area contributed by atoms with E-state index in [-0.39, 0.29) is 17.9 Å². The Kier molecular flexibility index (Phi) is 5.29. The predicted molar refractivity (Wildman–Crippen MR) is 108 cm³/mol. The Hall–Kier alpha value is -2.54. The first-order valence-corrected chi connectivity index (χ1v) is 10.3. The molecule has 1 saturated heterocycles.